The smallest absolute Gasteiger partial charge is 0.490 e. The van der Waals surface area contributed by atoms with Gasteiger partial charge in [-0.05, 0) is 36.1 Å². The second-order valence-corrected chi connectivity index (χ2v) is 8.63. The first kappa shape index (κ1) is 25.9. The van der Waals surface area contributed by atoms with Gasteiger partial charge in [0, 0.05) is 6.42 Å². The molecule has 1 saturated carbocycles. The molecule has 4 rings (SSSR count). The number of aliphatic carboxylic acids is 1. The lowest BCUT2D eigenvalue weighted by atomic mass is 9.95. The summed E-state index contributed by atoms with van der Waals surface area (Å²) in [7, 11) is 3.22. The number of anilines is 1. The van der Waals surface area contributed by atoms with Crippen molar-refractivity contribution in [2.45, 2.75) is 30.9 Å². The summed E-state index contributed by atoms with van der Waals surface area (Å²) in [5, 5.41) is 19.8. The van der Waals surface area contributed by atoms with Crippen LogP contribution in [0.15, 0.2) is 48.5 Å². The third-order valence-corrected chi connectivity index (χ3v) is 6.08. The van der Waals surface area contributed by atoms with Gasteiger partial charge in [0.2, 0.25) is 11.0 Å². The molecule has 12 heteroatoms. The molecule has 186 valence electrons. The molecular formula is C23H22F3N3O5S. The van der Waals surface area contributed by atoms with E-state index in [0.717, 1.165) is 29.0 Å². The standard InChI is InChI=1S/C21H21N3O3S.C2HF3O2/c1-26-16-9-8-14(12-17(16)27-2)13-18-23-24-20(28-18)22-19(25)21(10-11-21)15-6-4-3-5-7-15;3-2(4,5)1(6)7/h3-9,12H,10-11,13H2,1-2H3,(H,22,24,25);(H,6,7). The van der Waals surface area contributed by atoms with Crippen LogP contribution in [-0.4, -0.2) is 47.6 Å². The van der Waals surface area contributed by atoms with Crippen molar-refractivity contribution in [1.82, 2.24) is 10.2 Å². The minimum absolute atomic E-state index is 0.00693. The van der Waals surface area contributed by atoms with E-state index in [2.05, 4.69) is 15.5 Å². The molecule has 1 aromatic heterocycles. The van der Waals surface area contributed by atoms with E-state index in [0.29, 0.717) is 23.1 Å². The van der Waals surface area contributed by atoms with Crippen molar-refractivity contribution in [2.75, 3.05) is 19.5 Å². The Hall–Kier alpha value is -3.67. The summed E-state index contributed by atoms with van der Waals surface area (Å²) in [6.45, 7) is 0. The molecule has 0 bridgehead atoms. The van der Waals surface area contributed by atoms with Crippen LogP contribution in [0.1, 0.15) is 29.0 Å². The second-order valence-electron chi connectivity index (χ2n) is 7.57. The van der Waals surface area contributed by atoms with Gasteiger partial charge in [-0.3, -0.25) is 10.1 Å². The van der Waals surface area contributed by atoms with Crippen LogP contribution in [0.5, 0.6) is 11.5 Å². The molecule has 1 aliphatic rings. The monoisotopic (exact) mass is 509 g/mol. The van der Waals surface area contributed by atoms with Crippen LogP contribution in [0.3, 0.4) is 0 Å². The molecule has 1 fully saturated rings. The van der Waals surface area contributed by atoms with Crippen molar-refractivity contribution in [3.05, 3.63) is 64.7 Å². The minimum Gasteiger partial charge on any atom is -0.493 e. The molecule has 35 heavy (non-hydrogen) atoms. The number of aromatic nitrogens is 2. The van der Waals surface area contributed by atoms with Crippen molar-refractivity contribution >= 4 is 28.3 Å². The highest BCUT2D eigenvalue weighted by Gasteiger charge is 2.51. The molecule has 3 aromatic rings. The zero-order valence-electron chi connectivity index (χ0n) is 18.8. The summed E-state index contributed by atoms with van der Waals surface area (Å²) >= 11 is 1.39. The molecule has 0 unspecified atom stereocenters. The Kier molecular flexibility index (Phi) is 7.95. The number of carboxylic acid groups (broad SMARTS) is 1. The lowest BCUT2D eigenvalue weighted by molar-refractivity contribution is -0.192. The van der Waals surface area contributed by atoms with Crippen LogP contribution in [0.2, 0.25) is 0 Å². The second kappa shape index (κ2) is 10.7. The van der Waals surface area contributed by atoms with Gasteiger partial charge in [0.25, 0.3) is 0 Å². The number of hydrogen-bond donors (Lipinski definition) is 2. The number of carbonyl (C=O) groups is 2. The Bertz CT molecular complexity index is 1180. The molecule has 0 spiro atoms. The summed E-state index contributed by atoms with van der Waals surface area (Å²) < 4.78 is 42.3. The number of alkyl halides is 3. The number of amides is 1. The fourth-order valence-corrected chi connectivity index (χ4v) is 4.06. The zero-order valence-corrected chi connectivity index (χ0v) is 19.6. The molecule has 1 heterocycles. The van der Waals surface area contributed by atoms with E-state index in [9.17, 15) is 18.0 Å². The molecule has 1 amide bonds. The first-order valence-corrected chi connectivity index (χ1v) is 11.1. The van der Waals surface area contributed by atoms with Gasteiger partial charge in [-0.1, -0.05) is 47.7 Å². The molecule has 1 aliphatic carbocycles. The Morgan fingerprint density at radius 1 is 1.06 bits per heavy atom. The number of hydrogen-bond acceptors (Lipinski definition) is 7. The lowest BCUT2D eigenvalue weighted by Crippen LogP contribution is -2.27. The number of ether oxygens (including phenoxy) is 2. The largest absolute Gasteiger partial charge is 0.493 e. The summed E-state index contributed by atoms with van der Waals surface area (Å²) in [5.74, 6) is -1.40. The Morgan fingerprint density at radius 2 is 1.69 bits per heavy atom. The maximum absolute atomic E-state index is 12.8. The van der Waals surface area contributed by atoms with Gasteiger partial charge in [-0.25, -0.2) is 4.79 Å². The molecule has 2 N–H and O–H groups in total. The van der Waals surface area contributed by atoms with Gasteiger partial charge >= 0.3 is 12.1 Å². The quantitative estimate of drug-likeness (QED) is 0.484. The topological polar surface area (TPSA) is 111 Å². The van der Waals surface area contributed by atoms with Crippen LogP contribution in [0, 0.1) is 0 Å². The number of methoxy groups -OCH3 is 2. The first-order valence-electron chi connectivity index (χ1n) is 10.3. The molecule has 0 atom stereocenters. The molecule has 0 aliphatic heterocycles. The van der Waals surface area contributed by atoms with Gasteiger partial charge in [-0.15, -0.1) is 10.2 Å². The van der Waals surface area contributed by atoms with Crippen molar-refractivity contribution < 1.29 is 37.3 Å². The third-order valence-electron chi connectivity index (χ3n) is 5.24. The van der Waals surface area contributed by atoms with Crippen molar-refractivity contribution in [3.8, 4) is 11.5 Å². The van der Waals surface area contributed by atoms with E-state index in [4.69, 9.17) is 19.4 Å². The number of carboxylic acids is 1. The van der Waals surface area contributed by atoms with Crippen LogP contribution in [-0.2, 0) is 21.4 Å². The van der Waals surface area contributed by atoms with Crippen LogP contribution >= 0.6 is 11.3 Å². The maximum Gasteiger partial charge on any atom is 0.490 e. The number of benzene rings is 2. The van der Waals surface area contributed by atoms with E-state index in [1.807, 2.05) is 48.5 Å². The van der Waals surface area contributed by atoms with Gasteiger partial charge in [0.05, 0.1) is 19.6 Å². The van der Waals surface area contributed by atoms with E-state index >= 15 is 0 Å². The van der Waals surface area contributed by atoms with Crippen molar-refractivity contribution in [1.29, 1.82) is 0 Å². The predicted molar refractivity (Wildman–Crippen MR) is 122 cm³/mol. The summed E-state index contributed by atoms with van der Waals surface area (Å²) in [4.78, 5) is 21.7. The fourth-order valence-electron chi connectivity index (χ4n) is 3.29. The summed E-state index contributed by atoms with van der Waals surface area (Å²) in [6, 6.07) is 15.7. The highest BCUT2D eigenvalue weighted by molar-refractivity contribution is 7.15. The first-order chi connectivity index (χ1) is 16.6. The van der Waals surface area contributed by atoms with Crippen molar-refractivity contribution in [2.24, 2.45) is 0 Å². The number of rotatable bonds is 7. The number of carbonyl (C=O) groups excluding carboxylic acids is 1. The number of nitrogens with one attached hydrogen (secondary N) is 1. The molecular weight excluding hydrogens is 487 g/mol. The van der Waals surface area contributed by atoms with Gasteiger partial charge in [-0.2, -0.15) is 13.2 Å². The van der Waals surface area contributed by atoms with E-state index in [1.54, 1.807) is 14.2 Å². The van der Waals surface area contributed by atoms with Crippen LogP contribution in [0.25, 0.3) is 0 Å². The molecule has 0 saturated heterocycles. The zero-order chi connectivity index (χ0) is 25.6. The van der Waals surface area contributed by atoms with Crippen LogP contribution in [0.4, 0.5) is 18.3 Å². The fraction of sp³-hybridized carbons (Fsp3) is 0.304. The van der Waals surface area contributed by atoms with E-state index in [1.165, 1.54) is 11.3 Å². The molecule has 2 aromatic carbocycles. The van der Waals surface area contributed by atoms with Crippen LogP contribution < -0.4 is 14.8 Å². The normalized spacial score (nSPS) is 13.7. The van der Waals surface area contributed by atoms with E-state index < -0.39 is 17.6 Å². The van der Waals surface area contributed by atoms with Gasteiger partial charge in [0.15, 0.2) is 11.5 Å². The van der Waals surface area contributed by atoms with Gasteiger partial charge < -0.3 is 14.6 Å². The maximum atomic E-state index is 12.8. The highest BCUT2D eigenvalue weighted by Crippen LogP contribution is 2.49. The summed E-state index contributed by atoms with van der Waals surface area (Å²) in [6.07, 6.45) is -2.75. The highest BCUT2D eigenvalue weighted by atomic mass is 32.1. The summed E-state index contributed by atoms with van der Waals surface area (Å²) in [5.41, 5.74) is 1.67. The van der Waals surface area contributed by atoms with Crippen molar-refractivity contribution in [3.63, 3.8) is 0 Å². The Labute approximate surface area is 202 Å². The SMILES string of the molecule is COc1ccc(Cc2nnc(NC(=O)C3(c4ccccc4)CC3)s2)cc1OC.O=C(O)C(F)(F)F. The average molecular weight is 510 g/mol. The third kappa shape index (κ3) is 6.47. The molecule has 8 nitrogen and oxygen atoms in total. The average Bonchev–Trinajstić information content (AvgIpc) is 3.54. The molecule has 0 radical (unpaired) electrons. The Balaban J connectivity index is 0.000000429. The number of nitrogens with zero attached hydrogens (tertiary/aromatic N) is 2. The predicted octanol–water partition coefficient (Wildman–Crippen LogP) is 4.45. The van der Waals surface area contributed by atoms with Gasteiger partial charge in [0.1, 0.15) is 5.01 Å². The lowest BCUT2D eigenvalue weighted by Gasteiger charge is -2.14. The number of halogens is 3. The van der Waals surface area contributed by atoms with E-state index in [-0.39, 0.29) is 5.91 Å². The Morgan fingerprint density at radius 3 is 2.23 bits per heavy atom. The minimum atomic E-state index is -5.08.